The smallest absolute Gasteiger partial charge is 0.279 e. The zero-order valence-corrected chi connectivity index (χ0v) is 9.65. The molecule has 0 aliphatic heterocycles. The summed E-state index contributed by atoms with van der Waals surface area (Å²) in [6.45, 7) is 0. The van der Waals surface area contributed by atoms with E-state index in [1.807, 2.05) is 30.3 Å². The lowest BCUT2D eigenvalue weighted by Gasteiger charge is -1.98. The molecule has 0 amide bonds. The Balaban J connectivity index is 1.96. The number of ether oxygens (including phenoxy) is 1. The van der Waals surface area contributed by atoms with Crippen LogP contribution in [0.4, 0.5) is 5.69 Å². The van der Waals surface area contributed by atoms with Gasteiger partial charge in [0.25, 0.3) is 5.19 Å². The quantitative estimate of drug-likeness (QED) is 0.703. The van der Waals surface area contributed by atoms with Gasteiger partial charge in [0.2, 0.25) is 0 Å². The van der Waals surface area contributed by atoms with Crippen molar-refractivity contribution in [2.24, 2.45) is 0 Å². The van der Waals surface area contributed by atoms with E-state index in [-0.39, 0.29) is 0 Å². The van der Waals surface area contributed by atoms with Gasteiger partial charge in [-0.25, -0.2) is 4.98 Å². The molecule has 5 heteroatoms. The fraction of sp³-hybridized carbons (Fsp3) is 0. The Kier molecular flexibility index (Phi) is 2.38. The standard InChI is InChI=1S/C12H9N3OS/c13-8-3-4-10-11(6-8)17-12(15-10)16-9-2-1-5-14-7-9/h1-7H,13H2. The lowest BCUT2D eigenvalue weighted by atomic mass is 10.3. The Hall–Kier alpha value is -2.14. The summed E-state index contributed by atoms with van der Waals surface area (Å²) in [6.07, 6.45) is 3.35. The molecular formula is C12H9N3OS. The number of hydrogen-bond donors (Lipinski definition) is 1. The van der Waals surface area contributed by atoms with E-state index in [0.29, 0.717) is 10.9 Å². The van der Waals surface area contributed by atoms with Gasteiger partial charge in [0.15, 0.2) is 0 Å². The molecule has 17 heavy (non-hydrogen) atoms. The summed E-state index contributed by atoms with van der Waals surface area (Å²) in [5.74, 6) is 0.680. The largest absolute Gasteiger partial charge is 0.429 e. The molecule has 4 nitrogen and oxygen atoms in total. The Morgan fingerprint density at radius 2 is 2.18 bits per heavy atom. The van der Waals surface area contributed by atoms with Crippen molar-refractivity contribution in [2.75, 3.05) is 5.73 Å². The molecule has 0 fully saturated rings. The maximum Gasteiger partial charge on any atom is 0.279 e. The number of fused-ring (bicyclic) bond motifs is 1. The number of anilines is 1. The van der Waals surface area contributed by atoms with E-state index in [0.717, 1.165) is 15.9 Å². The molecule has 2 aromatic heterocycles. The minimum atomic E-state index is 0.596. The van der Waals surface area contributed by atoms with E-state index in [9.17, 15) is 0 Å². The zero-order valence-electron chi connectivity index (χ0n) is 8.83. The summed E-state index contributed by atoms with van der Waals surface area (Å²) in [5.41, 5.74) is 7.34. The lowest BCUT2D eigenvalue weighted by Crippen LogP contribution is -1.83. The van der Waals surface area contributed by atoms with Gasteiger partial charge in [-0.05, 0) is 30.3 Å². The van der Waals surface area contributed by atoms with Crippen LogP contribution in [0.25, 0.3) is 10.2 Å². The summed E-state index contributed by atoms with van der Waals surface area (Å²) < 4.78 is 6.62. The molecule has 2 N–H and O–H groups in total. The fourth-order valence-electron chi connectivity index (χ4n) is 1.47. The van der Waals surface area contributed by atoms with Crippen LogP contribution in [-0.4, -0.2) is 9.97 Å². The van der Waals surface area contributed by atoms with Gasteiger partial charge in [-0.15, -0.1) is 0 Å². The number of pyridine rings is 1. The highest BCUT2D eigenvalue weighted by atomic mass is 32.1. The van der Waals surface area contributed by atoms with Crippen LogP contribution < -0.4 is 10.5 Å². The second-order valence-corrected chi connectivity index (χ2v) is 4.49. The fourth-order valence-corrected chi connectivity index (χ4v) is 2.36. The van der Waals surface area contributed by atoms with Crippen LogP contribution in [-0.2, 0) is 0 Å². The van der Waals surface area contributed by atoms with Gasteiger partial charge < -0.3 is 10.5 Å². The number of aromatic nitrogens is 2. The highest BCUT2D eigenvalue weighted by molar-refractivity contribution is 7.20. The molecule has 3 rings (SSSR count). The molecule has 84 valence electrons. The second-order valence-electron chi connectivity index (χ2n) is 3.50. The number of benzene rings is 1. The van der Waals surface area contributed by atoms with E-state index in [1.165, 1.54) is 11.3 Å². The highest BCUT2D eigenvalue weighted by Gasteiger charge is 2.05. The predicted molar refractivity (Wildman–Crippen MR) is 68.3 cm³/mol. The molecular weight excluding hydrogens is 234 g/mol. The molecule has 0 aliphatic rings. The lowest BCUT2D eigenvalue weighted by molar-refractivity contribution is 0.478. The van der Waals surface area contributed by atoms with Crippen molar-refractivity contribution in [3.8, 4) is 10.9 Å². The molecule has 0 aliphatic carbocycles. The van der Waals surface area contributed by atoms with Crippen LogP contribution in [0, 0.1) is 0 Å². The Morgan fingerprint density at radius 1 is 1.24 bits per heavy atom. The molecule has 3 aromatic rings. The van der Waals surface area contributed by atoms with Gasteiger partial charge in [0.05, 0.1) is 16.4 Å². The van der Waals surface area contributed by atoms with Crippen LogP contribution in [0.2, 0.25) is 0 Å². The number of nitrogens with zero attached hydrogens (tertiary/aromatic N) is 2. The average molecular weight is 243 g/mol. The molecule has 0 atom stereocenters. The van der Waals surface area contributed by atoms with Crippen molar-refractivity contribution in [1.29, 1.82) is 0 Å². The van der Waals surface area contributed by atoms with E-state index >= 15 is 0 Å². The Labute approximate surface area is 102 Å². The molecule has 1 aromatic carbocycles. The summed E-state index contributed by atoms with van der Waals surface area (Å²) in [4.78, 5) is 8.34. The van der Waals surface area contributed by atoms with E-state index in [4.69, 9.17) is 10.5 Å². The van der Waals surface area contributed by atoms with Crippen LogP contribution >= 0.6 is 11.3 Å². The number of rotatable bonds is 2. The molecule has 0 saturated carbocycles. The van der Waals surface area contributed by atoms with Gasteiger partial charge >= 0.3 is 0 Å². The molecule has 0 bridgehead atoms. The van der Waals surface area contributed by atoms with Gasteiger partial charge in [0, 0.05) is 11.9 Å². The number of nitrogens with two attached hydrogens (primary N) is 1. The summed E-state index contributed by atoms with van der Waals surface area (Å²) in [6, 6.07) is 9.27. The van der Waals surface area contributed by atoms with Crippen molar-refractivity contribution in [1.82, 2.24) is 9.97 Å². The van der Waals surface area contributed by atoms with E-state index in [2.05, 4.69) is 9.97 Å². The monoisotopic (exact) mass is 243 g/mol. The molecule has 0 radical (unpaired) electrons. The Bertz CT molecular complexity index is 651. The van der Waals surface area contributed by atoms with Gasteiger partial charge in [-0.3, -0.25) is 4.98 Å². The first kappa shape index (κ1) is 10.0. The van der Waals surface area contributed by atoms with Gasteiger partial charge in [0.1, 0.15) is 5.75 Å². The summed E-state index contributed by atoms with van der Waals surface area (Å²) >= 11 is 1.47. The number of thiazole rings is 1. The maximum atomic E-state index is 5.71. The topological polar surface area (TPSA) is 61.0 Å². The first-order valence-corrected chi connectivity index (χ1v) is 5.87. The molecule has 0 saturated heterocycles. The maximum absolute atomic E-state index is 5.71. The number of nitrogen functional groups attached to an aromatic ring is 1. The normalized spacial score (nSPS) is 10.6. The summed E-state index contributed by atoms with van der Waals surface area (Å²) in [7, 11) is 0. The van der Waals surface area contributed by atoms with E-state index in [1.54, 1.807) is 12.4 Å². The van der Waals surface area contributed by atoms with Crippen LogP contribution in [0.3, 0.4) is 0 Å². The second kappa shape index (κ2) is 4.03. The highest BCUT2D eigenvalue weighted by Crippen LogP contribution is 2.31. The van der Waals surface area contributed by atoms with Gasteiger partial charge in [-0.2, -0.15) is 0 Å². The van der Waals surface area contributed by atoms with Crippen LogP contribution in [0.5, 0.6) is 10.9 Å². The minimum absolute atomic E-state index is 0.596. The van der Waals surface area contributed by atoms with Gasteiger partial charge in [-0.1, -0.05) is 11.3 Å². The number of hydrogen-bond acceptors (Lipinski definition) is 5. The SMILES string of the molecule is Nc1ccc2nc(Oc3cccnc3)sc2c1. The van der Waals surface area contributed by atoms with Crippen molar-refractivity contribution in [2.45, 2.75) is 0 Å². The van der Waals surface area contributed by atoms with Crippen LogP contribution in [0.15, 0.2) is 42.7 Å². The molecule has 2 heterocycles. The molecule has 0 spiro atoms. The van der Waals surface area contributed by atoms with Crippen molar-refractivity contribution >= 4 is 27.2 Å². The third-order valence-electron chi connectivity index (χ3n) is 2.23. The summed E-state index contributed by atoms with van der Waals surface area (Å²) in [5, 5.41) is 0.596. The van der Waals surface area contributed by atoms with Crippen LogP contribution in [0.1, 0.15) is 0 Å². The third-order valence-corrected chi connectivity index (χ3v) is 3.13. The minimum Gasteiger partial charge on any atom is -0.429 e. The first-order chi connectivity index (χ1) is 8.31. The van der Waals surface area contributed by atoms with Crippen molar-refractivity contribution < 1.29 is 4.74 Å². The first-order valence-electron chi connectivity index (χ1n) is 5.05. The third kappa shape index (κ3) is 2.05. The van der Waals surface area contributed by atoms with E-state index < -0.39 is 0 Å². The van der Waals surface area contributed by atoms with Crippen molar-refractivity contribution in [3.63, 3.8) is 0 Å². The molecule has 0 unspecified atom stereocenters. The predicted octanol–water partition coefficient (Wildman–Crippen LogP) is 3.07. The van der Waals surface area contributed by atoms with Crippen molar-refractivity contribution in [3.05, 3.63) is 42.7 Å². The Morgan fingerprint density at radius 3 is 3.00 bits per heavy atom. The average Bonchev–Trinajstić information content (AvgIpc) is 2.71. The zero-order chi connectivity index (χ0) is 11.7.